The number of aryl methyl sites for hydroxylation is 2. The Kier molecular flexibility index (Phi) is 1.65. The normalized spacial score (nSPS) is 19.9. The zero-order valence-corrected chi connectivity index (χ0v) is 8.05. The van der Waals surface area contributed by atoms with Gasteiger partial charge in [0.05, 0.1) is 5.56 Å². The molecule has 2 heteroatoms. The topological polar surface area (TPSA) is 26.3 Å². The van der Waals surface area contributed by atoms with E-state index < -0.39 is 0 Å². The number of benzene rings is 1. The van der Waals surface area contributed by atoms with E-state index in [9.17, 15) is 4.79 Å². The van der Waals surface area contributed by atoms with E-state index in [4.69, 9.17) is 4.74 Å². The van der Waals surface area contributed by atoms with E-state index in [-0.39, 0.29) is 11.9 Å². The van der Waals surface area contributed by atoms with Crippen molar-refractivity contribution < 1.29 is 9.53 Å². The van der Waals surface area contributed by atoms with E-state index in [0.29, 0.717) is 0 Å². The second-order valence-corrected chi connectivity index (χ2v) is 3.56. The van der Waals surface area contributed by atoms with Crippen LogP contribution in [0.4, 0.5) is 0 Å². The van der Waals surface area contributed by atoms with Crippen molar-refractivity contribution in [2.75, 3.05) is 0 Å². The number of Topliss-reactive ketones (excluding diaryl/α,β-unsaturated/α-hetero) is 1. The second-order valence-electron chi connectivity index (χ2n) is 3.56. The van der Waals surface area contributed by atoms with E-state index in [1.165, 1.54) is 5.56 Å². The van der Waals surface area contributed by atoms with Gasteiger partial charge >= 0.3 is 0 Å². The Labute approximate surface area is 77.5 Å². The first kappa shape index (κ1) is 8.30. The van der Waals surface area contributed by atoms with E-state index in [1.54, 1.807) is 6.92 Å². The van der Waals surface area contributed by atoms with Crippen LogP contribution in [0.15, 0.2) is 12.1 Å². The number of carbonyl (C=O) groups is 1. The average Bonchev–Trinajstić information content (AvgIpc) is 2.32. The van der Waals surface area contributed by atoms with Gasteiger partial charge in [0.15, 0.2) is 6.10 Å². The van der Waals surface area contributed by atoms with E-state index >= 15 is 0 Å². The van der Waals surface area contributed by atoms with Crippen LogP contribution in [0.5, 0.6) is 5.75 Å². The molecular formula is C11H12O2. The minimum absolute atomic E-state index is 0.0955. The van der Waals surface area contributed by atoms with E-state index in [2.05, 4.69) is 0 Å². The molecule has 0 bridgehead atoms. The van der Waals surface area contributed by atoms with Crippen molar-refractivity contribution in [3.05, 3.63) is 28.8 Å². The summed E-state index contributed by atoms with van der Waals surface area (Å²) in [5.41, 5.74) is 3.04. The van der Waals surface area contributed by atoms with Crippen molar-refractivity contribution in [2.24, 2.45) is 0 Å². The fraction of sp³-hybridized carbons (Fsp3) is 0.364. The summed E-state index contributed by atoms with van der Waals surface area (Å²) in [6, 6.07) is 3.85. The first-order valence-corrected chi connectivity index (χ1v) is 4.41. The molecular weight excluding hydrogens is 164 g/mol. The predicted octanol–water partition coefficient (Wildman–Crippen LogP) is 2.27. The predicted molar refractivity (Wildman–Crippen MR) is 50.3 cm³/mol. The van der Waals surface area contributed by atoms with Crippen LogP contribution < -0.4 is 4.74 Å². The highest BCUT2D eigenvalue weighted by Gasteiger charge is 2.28. The molecule has 1 aliphatic heterocycles. The lowest BCUT2D eigenvalue weighted by Gasteiger charge is -2.03. The third kappa shape index (κ3) is 1.13. The summed E-state index contributed by atoms with van der Waals surface area (Å²) in [6.07, 6.45) is -0.309. The first-order chi connectivity index (χ1) is 6.09. The summed E-state index contributed by atoms with van der Waals surface area (Å²) < 4.78 is 5.41. The lowest BCUT2D eigenvalue weighted by Crippen LogP contribution is -2.14. The fourth-order valence-corrected chi connectivity index (χ4v) is 1.54. The van der Waals surface area contributed by atoms with Gasteiger partial charge in [0, 0.05) is 0 Å². The lowest BCUT2D eigenvalue weighted by atomic mass is 10.0. The Morgan fingerprint density at radius 1 is 1.23 bits per heavy atom. The molecule has 1 heterocycles. The molecule has 0 saturated heterocycles. The quantitative estimate of drug-likeness (QED) is 0.606. The molecule has 2 nitrogen and oxygen atoms in total. The van der Waals surface area contributed by atoms with Crippen LogP contribution in [0.25, 0.3) is 0 Å². The molecule has 0 saturated carbocycles. The standard InChI is InChI=1S/C11H12O2/c1-6-4-9-10(5-7(6)2)13-8(3)11(9)12/h4-5,8H,1-3H3. The van der Waals surface area contributed by atoms with Gasteiger partial charge in [-0.25, -0.2) is 0 Å². The second kappa shape index (κ2) is 2.59. The summed E-state index contributed by atoms with van der Waals surface area (Å²) in [6.45, 7) is 5.81. The zero-order valence-electron chi connectivity index (χ0n) is 8.05. The molecule has 1 atom stereocenters. The molecule has 2 rings (SSSR count). The molecule has 1 unspecified atom stereocenters. The van der Waals surface area contributed by atoms with Crippen molar-refractivity contribution in [1.29, 1.82) is 0 Å². The van der Waals surface area contributed by atoms with Gasteiger partial charge in [-0.15, -0.1) is 0 Å². The van der Waals surface area contributed by atoms with Gasteiger partial charge in [0.1, 0.15) is 5.75 Å². The van der Waals surface area contributed by atoms with Crippen LogP contribution in [0.1, 0.15) is 28.4 Å². The maximum Gasteiger partial charge on any atom is 0.206 e. The molecule has 0 amide bonds. The van der Waals surface area contributed by atoms with Gasteiger partial charge in [0.2, 0.25) is 5.78 Å². The molecule has 0 N–H and O–H groups in total. The summed E-state index contributed by atoms with van der Waals surface area (Å²) >= 11 is 0. The number of hydrogen-bond donors (Lipinski definition) is 0. The summed E-state index contributed by atoms with van der Waals surface area (Å²) in [5.74, 6) is 0.832. The zero-order chi connectivity index (χ0) is 9.59. The van der Waals surface area contributed by atoms with Gasteiger partial charge in [0.25, 0.3) is 0 Å². The minimum Gasteiger partial charge on any atom is -0.482 e. The number of hydrogen-bond acceptors (Lipinski definition) is 2. The van der Waals surface area contributed by atoms with Crippen molar-refractivity contribution in [1.82, 2.24) is 0 Å². The van der Waals surface area contributed by atoms with Gasteiger partial charge < -0.3 is 4.74 Å². The number of fused-ring (bicyclic) bond motifs is 1. The summed E-state index contributed by atoms with van der Waals surface area (Å²) in [4.78, 5) is 11.5. The molecule has 13 heavy (non-hydrogen) atoms. The first-order valence-electron chi connectivity index (χ1n) is 4.41. The van der Waals surface area contributed by atoms with Gasteiger partial charge in [-0.1, -0.05) is 0 Å². The largest absolute Gasteiger partial charge is 0.482 e. The Morgan fingerprint density at radius 2 is 1.85 bits per heavy atom. The van der Waals surface area contributed by atoms with Crippen molar-refractivity contribution >= 4 is 5.78 Å². The maximum absolute atomic E-state index is 11.5. The van der Waals surface area contributed by atoms with Crippen LogP contribution in [0.3, 0.4) is 0 Å². The van der Waals surface area contributed by atoms with Crippen molar-refractivity contribution in [3.8, 4) is 5.75 Å². The number of rotatable bonds is 0. The molecule has 68 valence electrons. The van der Waals surface area contributed by atoms with Crippen molar-refractivity contribution in [2.45, 2.75) is 26.9 Å². The highest BCUT2D eigenvalue weighted by atomic mass is 16.5. The molecule has 0 spiro atoms. The minimum atomic E-state index is -0.309. The average molecular weight is 176 g/mol. The highest BCUT2D eigenvalue weighted by Crippen LogP contribution is 2.30. The molecule has 0 fully saturated rings. The number of ether oxygens (including phenoxy) is 1. The Morgan fingerprint density at radius 3 is 2.54 bits per heavy atom. The van der Waals surface area contributed by atoms with E-state index in [1.807, 2.05) is 26.0 Å². The molecule has 1 aromatic carbocycles. The number of carbonyl (C=O) groups excluding carboxylic acids is 1. The van der Waals surface area contributed by atoms with Crippen LogP contribution in [-0.2, 0) is 0 Å². The Balaban J connectivity index is 2.59. The van der Waals surface area contributed by atoms with Crippen LogP contribution >= 0.6 is 0 Å². The SMILES string of the molecule is Cc1cc2c(cc1C)C(=O)C(C)O2. The Hall–Kier alpha value is -1.31. The van der Waals surface area contributed by atoms with Gasteiger partial charge in [-0.3, -0.25) is 4.79 Å². The Bertz CT molecular complexity index is 380. The smallest absolute Gasteiger partial charge is 0.206 e. The van der Waals surface area contributed by atoms with Crippen LogP contribution in [0.2, 0.25) is 0 Å². The highest BCUT2D eigenvalue weighted by molar-refractivity contribution is 6.04. The molecule has 0 radical (unpaired) electrons. The molecule has 1 aliphatic rings. The van der Waals surface area contributed by atoms with Crippen LogP contribution in [-0.4, -0.2) is 11.9 Å². The van der Waals surface area contributed by atoms with Gasteiger partial charge in [-0.2, -0.15) is 0 Å². The van der Waals surface area contributed by atoms with Crippen LogP contribution in [0, 0.1) is 13.8 Å². The third-order valence-corrected chi connectivity index (χ3v) is 2.53. The maximum atomic E-state index is 11.5. The summed E-state index contributed by atoms with van der Waals surface area (Å²) in [5, 5.41) is 0. The lowest BCUT2D eigenvalue weighted by molar-refractivity contribution is 0.0878. The van der Waals surface area contributed by atoms with Crippen molar-refractivity contribution in [3.63, 3.8) is 0 Å². The fourth-order valence-electron chi connectivity index (χ4n) is 1.54. The monoisotopic (exact) mass is 176 g/mol. The molecule has 0 aromatic heterocycles. The third-order valence-electron chi connectivity index (χ3n) is 2.53. The summed E-state index contributed by atoms with van der Waals surface area (Å²) in [7, 11) is 0. The molecule has 1 aromatic rings. The van der Waals surface area contributed by atoms with Gasteiger partial charge in [-0.05, 0) is 44.0 Å². The number of ketones is 1. The molecule has 0 aliphatic carbocycles. The van der Waals surface area contributed by atoms with E-state index in [0.717, 1.165) is 16.9 Å².